The predicted molar refractivity (Wildman–Crippen MR) is 141 cm³/mol. The maximum Gasteiger partial charge on any atom is 0.145 e. The number of nitrogens with zero attached hydrogens (tertiary/aromatic N) is 5. The Kier molecular flexibility index (Phi) is 8.89. The molecular weight excluding hydrogens is 436 g/mol. The third kappa shape index (κ3) is 7.12. The zero-order valence-corrected chi connectivity index (χ0v) is 21.2. The molecule has 0 saturated carbocycles. The number of benzene rings is 1. The molecule has 2 atom stereocenters. The summed E-state index contributed by atoms with van der Waals surface area (Å²) in [5, 5.41) is 15.5. The van der Waals surface area contributed by atoms with Gasteiger partial charge in [-0.05, 0) is 75.3 Å². The molecule has 0 radical (unpaired) electrons. The number of para-hydroxylation sites is 1. The van der Waals surface area contributed by atoms with Crippen LogP contribution in [0.25, 0.3) is 10.9 Å². The zero-order valence-electron chi connectivity index (χ0n) is 21.2. The highest BCUT2D eigenvalue weighted by Crippen LogP contribution is 2.22. The van der Waals surface area contributed by atoms with Crippen LogP contribution in [0.5, 0.6) is 0 Å². The van der Waals surface area contributed by atoms with Crippen molar-refractivity contribution in [3.63, 3.8) is 0 Å². The first-order valence-corrected chi connectivity index (χ1v) is 12.6. The highest BCUT2D eigenvalue weighted by Gasteiger charge is 2.26. The molecule has 2 N–H and O–H groups in total. The van der Waals surface area contributed by atoms with Crippen LogP contribution in [-0.2, 0) is 13.0 Å². The third-order valence-corrected chi connectivity index (χ3v) is 6.66. The summed E-state index contributed by atoms with van der Waals surface area (Å²) in [7, 11) is 4.19. The van der Waals surface area contributed by atoms with Gasteiger partial charge >= 0.3 is 0 Å². The van der Waals surface area contributed by atoms with Gasteiger partial charge in [-0.1, -0.05) is 31.2 Å². The average Bonchev–Trinajstić information content (AvgIpc) is 2.87. The molecule has 2 heterocycles. The van der Waals surface area contributed by atoms with E-state index in [-0.39, 0.29) is 5.92 Å². The zero-order chi connectivity index (χ0) is 24.6. The minimum Gasteiger partial charge on any atom is -0.378 e. The van der Waals surface area contributed by atoms with Gasteiger partial charge in [0.1, 0.15) is 17.9 Å². The Morgan fingerprint density at radius 3 is 2.63 bits per heavy atom. The Bertz CT molecular complexity index is 1050. The van der Waals surface area contributed by atoms with Gasteiger partial charge in [0.15, 0.2) is 0 Å². The van der Waals surface area contributed by atoms with E-state index in [0.29, 0.717) is 6.54 Å². The Balaban J connectivity index is 1.33. The van der Waals surface area contributed by atoms with Crippen molar-refractivity contribution in [2.45, 2.75) is 32.5 Å². The lowest BCUT2D eigenvalue weighted by Gasteiger charge is -2.39. The first kappa shape index (κ1) is 25.3. The van der Waals surface area contributed by atoms with Crippen LogP contribution in [0.4, 0.5) is 5.82 Å². The molecule has 35 heavy (non-hydrogen) atoms. The van der Waals surface area contributed by atoms with Gasteiger partial charge in [-0.15, -0.1) is 0 Å². The highest BCUT2D eigenvalue weighted by atomic mass is 16.3. The minimum absolute atomic E-state index is 0.155. The third-order valence-electron chi connectivity index (χ3n) is 6.66. The monoisotopic (exact) mass is 474 g/mol. The van der Waals surface area contributed by atoms with Crippen molar-refractivity contribution in [1.29, 1.82) is 0 Å². The maximum atomic E-state index is 10.9. The number of hydrogen-bond acceptors (Lipinski definition) is 7. The van der Waals surface area contributed by atoms with E-state index in [4.69, 9.17) is 9.97 Å². The van der Waals surface area contributed by atoms with Gasteiger partial charge < -0.3 is 15.3 Å². The smallest absolute Gasteiger partial charge is 0.145 e. The molecule has 7 heteroatoms. The van der Waals surface area contributed by atoms with Crippen LogP contribution in [0, 0.1) is 18.1 Å². The van der Waals surface area contributed by atoms with E-state index in [1.165, 1.54) is 5.56 Å². The lowest BCUT2D eigenvalue weighted by atomic mass is 9.99. The molecule has 4 rings (SSSR count). The molecule has 0 aliphatic carbocycles. The van der Waals surface area contributed by atoms with Crippen LogP contribution in [-0.4, -0.2) is 89.4 Å². The van der Waals surface area contributed by atoms with Crippen molar-refractivity contribution < 1.29 is 5.11 Å². The second-order valence-electron chi connectivity index (χ2n) is 9.84. The maximum absolute atomic E-state index is 10.9. The second kappa shape index (κ2) is 12.3. The molecule has 1 aliphatic heterocycles. The number of rotatable bonds is 11. The Hall–Kier alpha value is -2.76. The van der Waals surface area contributed by atoms with E-state index >= 15 is 0 Å². The summed E-state index contributed by atoms with van der Waals surface area (Å²) >= 11 is 0. The van der Waals surface area contributed by atoms with Crippen LogP contribution in [0.1, 0.15) is 24.7 Å². The largest absolute Gasteiger partial charge is 0.378 e. The predicted octanol–water partition coefficient (Wildman–Crippen LogP) is 2.91. The summed E-state index contributed by atoms with van der Waals surface area (Å²) in [6.45, 7) is 8.20. The first-order valence-electron chi connectivity index (χ1n) is 12.6. The molecule has 2 aromatic carbocycles. The lowest BCUT2D eigenvalue weighted by Crippen LogP contribution is -2.52. The molecule has 0 bridgehead atoms. The first-order chi connectivity index (χ1) is 17.0. The number of nitrogens with one attached hydrogen (secondary N) is 1. The quantitative estimate of drug-likeness (QED) is 0.414. The lowest BCUT2D eigenvalue weighted by molar-refractivity contribution is -0.0577. The molecule has 186 valence electrons. The van der Waals surface area contributed by atoms with Gasteiger partial charge in [0.25, 0.3) is 0 Å². The van der Waals surface area contributed by atoms with E-state index in [1.54, 1.807) is 0 Å². The minimum atomic E-state index is -0.448. The molecule has 1 saturated heterocycles. The molecule has 0 spiro atoms. The number of aliphatic hydroxyl groups excluding tert-OH is 1. The molecule has 1 aliphatic rings. The van der Waals surface area contributed by atoms with Crippen molar-refractivity contribution in [2.75, 3.05) is 58.7 Å². The van der Waals surface area contributed by atoms with Crippen molar-refractivity contribution in [3.8, 4) is 0 Å². The van der Waals surface area contributed by atoms with Gasteiger partial charge in [0.2, 0.25) is 0 Å². The average molecular weight is 475 g/mol. The van der Waals surface area contributed by atoms with E-state index in [1.807, 2.05) is 30.3 Å². The van der Waals surface area contributed by atoms with Crippen LogP contribution >= 0.6 is 0 Å². The molecule has 1 aromatic heterocycles. The Labute approximate surface area is 209 Å². The number of fused-ring (bicyclic) bond motifs is 1. The number of aromatic nitrogens is 2. The normalized spacial score (nSPS) is 16.8. The number of piperazine rings is 1. The summed E-state index contributed by atoms with van der Waals surface area (Å²) in [6, 6.07) is 20.0. The summed E-state index contributed by atoms with van der Waals surface area (Å²) in [5.74, 6) is 1.92. The summed E-state index contributed by atoms with van der Waals surface area (Å²) in [4.78, 5) is 16.5. The summed E-state index contributed by atoms with van der Waals surface area (Å²) in [5.41, 5.74) is 2.17. The van der Waals surface area contributed by atoms with Gasteiger partial charge in [0, 0.05) is 38.1 Å². The Morgan fingerprint density at radius 2 is 1.89 bits per heavy atom. The fraction of sp³-hybridized carbons (Fsp3) is 0.500. The van der Waals surface area contributed by atoms with Gasteiger partial charge in [-0.25, -0.2) is 9.97 Å². The van der Waals surface area contributed by atoms with E-state index in [0.717, 1.165) is 74.7 Å². The van der Waals surface area contributed by atoms with E-state index < -0.39 is 6.23 Å². The highest BCUT2D eigenvalue weighted by molar-refractivity contribution is 5.88. The van der Waals surface area contributed by atoms with Crippen LogP contribution in [0.15, 0.2) is 42.5 Å². The Morgan fingerprint density at radius 1 is 1.09 bits per heavy atom. The van der Waals surface area contributed by atoms with Crippen LogP contribution < -0.4 is 5.32 Å². The summed E-state index contributed by atoms with van der Waals surface area (Å²) < 4.78 is 0. The molecule has 3 aromatic rings. The molecule has 0 amide bonds. The summed E-state index contributed by atoms with van der Waals surface area (Å²) in [6.07, 6.45) is 1.45. The fourth-order valence-electron chi connectivity index (χ4n) is 4.66. The van der Waals surface area contributed by atoms with Gasteiger partial charge in [0.05, 0.1) is 12.1 Å². The topological polar surface area (TPSA) is 67.8 Å². The van der Waals surface area contributed by atoms with Crippen molar-refractivity contribution in [3.05, 3.63) is 66.0 Å². The van der Waals surface area contributed by atoms with Gasteiger partial charge in [-0.2, -0.15) is 0 Å². The van der Waals surface area contributed by atoms with E-state index in [9.17, 15) is 5.11 Å². The fourth-order valence-corrected chi connectivity index (χ4v) is 4.66. The van der Waals surface area contributed by atoms with Crippen molar-refractivity contribution in [1.82, 2.24) is 24.7 Å². The van der Waals surface area contributed by atoms with Crippen molar-refractivity contribution >= 4 is 16.7 Å². The number of aliphatic hydroxyl groups is 1. The SMILES string of the molecule is CC(Cc1cc#ccc1)C(O)N1CCN(Cc2nc(NCCCN(C)C)c3ccccc3n2)CC1. The van der Waals surface area contributed by atoms with Crippen molar-refractivity contribution in [2.24, 2.45) is 5.92 Å². The number of anilines is 1. The molecular formula is C28H38N6O. The number of hydrogen-bond donors (Lipinski definition) is 2. The van der Waals surface area contributed by atoms with E-state index in [2.05, 4.69) is 65.3 Å². The standard InChI is InChI=1S/C28H38N6O/c1-22(20-23-10-5-4-6-11-23)28(35)34-18-16-33(17-19-34)21-26-30-25-13-8-7-12-24(25)27(31-26)29-14-9-15-32(2)3/h5,7-8,10-13,22,28,35H,9,14-21H2,1-3H3,(H,29,30,31). The van der Waals surface area contributed by atoms with Crippen LogP contribution in [0.2, 0.25) is 0 Å². The molecule has 7 nitrogen and oxygen atoms in total. The second-order valence-corrected chi connectivity index (χ2v) is 9.84. The van der Waals surface area contributed by atoms with Crippen LogP contribution in [0.3, 0.4) is 0 Å². The molecule has 1 fully saturated rings. The van der Waals surface area contributed by atoms with Gasteiger partial charge in [-0.3, -0.25) is 9.80 Å². The molecule has 2 unspecified atom stereocenters.